The predicted molar refractivity (Wildman–Crippen MR) is 102 cm³/mol. The van der Waals surface area contributed by atoms with Crippen molar-refractivity contribution < 1.29 is 19.1 Å². The highest BCUT2D eigenvalue weighted by molar-refractivity contribution is 7.98. The Kier molecular flexibility index (Phi) is 5.32. The van der Waals surface area contributed by atoms with Gasteiger partial charge in [-0.2, -0.15) is 0 Å². The number of rotatable bonds is 3. The van der Waals surface area contributed by atoms with Gasteiger partial charge in [-0.1, -0.05) is 6.07 Å². The normalized spacial score (nSPS) is 18.9. The van der Waals surface area contributed by atoms with Crippen molar-refractivity contribution in [3.05, 3.63) is 57.0 Å². The minimum absolute atomic E-state index is 0.00731. The quantitative estimate of drug-likeness (QED) is 0.487. The van der Waals surface area contributed by atoms with Gasteiger partial charge in [0.2, 0.25) is 11.7 Å². The Morgan fingerprint density at radius 3 is 2.59 bits per heavy atom. The summed E-state index contributed by atoms with van der Waals surface area (Å²) in [6.45, 7) is 1.41. The minimum Gasteiger partial charge on any atom is -0.492 e. The van der Waals surface area contributed by atoms with E-state index in [1.807, 2.05) is 0 Å². The van der Waals surface area contributed by atoms with Crippen molar-refractivity contribution in [3.63, 3.8) is 0 Å². The maximum absolute atomic E-state index is 12.8. The molecule has 0 saturated carbocycles. The number of nitrogens with one attached hydrogen (secondary N) is 1. The van der Waals surface area contributed by atoms with E-state index >= 15 is 0 Å². The summed E-state index contributed by atoms with van der Waals surface area (Å²) in [6, 6.07) is 4.37. The molecule has 140 valence electrons. The van der Waals surface area contributed by atoms with Crippen molar-refractivity contribution in [1.29, 1.82) is 0 Å². The van der Waals surface area contributed by atoms with Crippen LogP contribution in [-0.2, 0) is 19.1 Å². The number of ether oxygens (including phenoxy) is 1. The van der Waals surface area contributed by atoms with Gasteiger partial charge in [-0.05, 0) is 54.0 Å². The van der Waals surface area contributed by atoms with Crippen LogP contribution in [0.5, 0.6) is 0 Å². The summed E-state index contributed by atoms with van der Waals surface area (Å²) in [7, 11) is 1.35. The summed E-state index contributed by atoms with van der Waals surface area (Å²) < 4.78 is 5.05. The van der Waals surface area contributed by atoms with Crippen molar-refractivity contribution in [2.24, 2.45) is 0 Å². The van der Waals surface area contributed by atoms with Gasteiger partial charge in [0.1, 0.15) is 0 Å². The van der Waals surface area contributed by atoms with Gasteiger partial charge >= 0.3 is 0 Å². The van der Waals surface area contributed by atoms with Crippen LogP contribution in [0.2, 0.25) is 0 Å². The summed E-state index contributed by atoms with van der Waals surface area (Å²) >= 11 is 1.30. The first kappa shape index (κ1) is 19.1. The molecule has 7 heteroatoms. The average molecular weight is 385 g/mol. The van der Waals surface area contributed by atoms with Crippen LogP contribution in [-0.4, -0.2) is 30.8 Å². The highest BCUT2D eigenvalue weighted by Gasteiger charge is 2.35. The molecule has 0 heterocycles. The van der Waals surface area contributed by atoms with E-state index in [2.05, 4.69) is 5.32 Å². The Hall–Kier alpha value is -2.67. The fourth-order valence-electron chi connectivity index (χ4n) is 3.47. The topological polar surface area (TPSA) is 89.5 Å². The van der Waals surface area contributed by atoms with Gasteiger partial charge in [0.25, 0.3) is 5.78 Å². The minimum atomic E-state index is -0.709. The van der Waals surface area contributed by atoms with Gasteiger partial charge in [0, 0.05) is 12.5 Å². The Morgan fingerprint density at radius 1 is 1.22 bits per heavy atom. The number of methoxy groups -OCH3 is 1. The Morgan fingerprint density at radius 2 is 1.96 bits per heavy atom. The molecule has 6 nitrogen and oxygen atoms in total. The second-order valence-electron chi connectivity index (χ2n) is 6.34. The average Bonchev–Trinajstić information content (AvgIpc) is 2.87. The number of ketones is 2. The number of carbonyl (C=O) groups excluding carboxylic acids is 3. The fraction of sp³-hybridized carbons (Fsp3) is 0.300. The maximum atomic E-state index is 12.8. The molecule has 2 aliphatic carbocycles. The highest BCUT2D eigenvalue weighted by atomic mass is 32.2. The second-order valence-corrected chi connectivity index (χ2v) is 7.19. The molecule has 0 unspecified atom stereocenters. The molecule has 0 bridgehead atoms. The van der Waals surface area contributed by atoms with E-state index in [4.69, 9.17) is 4.74 Å². The molecule has 0 aliphatic heterocycles. The lowest BCUT2D eigenvalue weighted by atomic mass is 9.88. The number of carbonyl (C=O) groups is 3. The van der Waals surface area contributed by atoms with Crippen LogP contribution in [0.3, 0.4) is 0 Å². The van der Waals surface area contributed by atoms with Crippen molar-refractivity contribution in [1.82, 2.24) is 5.32 Å². The van der Waals surface area contributed by atoms with E-state index in [0.29, 0.717) is 34.4 Å². The Bertz CT molecular complexity index is 977. The van der Waals surface area contributed by atoms with Crippen LogP contribution >= 0.6 is 11.8 Å². The van der Waals surface area contributed by atoms with E-state index in [9.17, 15) is 19.2 Å². The first-order chi connectivity index (χ1) is 12.9. The SMILES string of the molecule is COC1=CC2=C(C(=O)C1=O)c1ccc(SC)c(=O)cc1[C@@H](NC(C)=O)CC2. The number of amides is 1. The van der Waals surface area contributed by atoms with Crippen LogP contribution in [0.4, 0.5) is 0 Å². The molecule has 0 aromatic heterocycles. The summed E-state index contributed by atoms with van der Waals surface area (Å²) in [4.78, 5) is 49.9. The predicted octanol–water partition coefficient (Wildman–Crippen LogP) is 2.18. The lowest BCUT2D eigenvalue weighted by Crippen LogP contribution is -2.27. The molecule has 3 rings (SSSR count). The van der Waals surface area contributed by atoms with Crippen LogP contribution < -0.4 is 10.7 Å². The summed E-state index contributed by atoms with van der Waals surface area (Å²) in [5, 5.41) is 2.86. The monoisotopic (exact) mass is 385 g/mol. The number of hydrogen-bond acceptors (Lipinski definition) is 6. The van der Waals surface area contributed by atoms with Crippen LogP contribution in [0, 0.1) is 0 Å². The number of thioether (sulfide) groups is 1. The Balaban J connectivity index is 2.32. The van der Waals surface area contributed by atoms with Gasteiger partial charge in [-0.3, -0.25) is 19.2 Å². The zero-order valence-electron chi connectivity index (χ0n) is 15.3. The molecule has 2 aliphatic rings. The van der Waals surface area contributed by atoms with Gasteiger partial charge < -0.3 is 10.1 Å². The van der Waals surface area contributed by atoms with E-state index in [0.717, 1.165) is 0 Å². The molecule has 1 amide bonds. The zero-order valence-corrected chi connectivity index (χ0v) is 16.1. The molecule has 1 N–H and O–H groups in total. The number of Topliss-reactive ketones (excluding diaryl/α,β-unsaturated/α-hetero) is 2. The lowest BCUT2D eigenvalue weighted by Gasteiger charge is -2.18. The third kappa shape index (κ3) is 3.47. The van der Waals surface area contributed by atoms with E-state index in [-0.39, 0.29) is 22.7 Å². The van der Waals surface area contributed by atoms with Crippen molar-refractivity contribution in [3.8, 4) is 0 Å². The van der Waals surface area contributed by atoms with Crippen LogP contribution in [0.25, 0.3) is 5.57 Å². The van der Waals surface area contributed by atoms with E-state index in [1.54, 1.807) is 24.5 Å². The molecular formula is C20H19NO5S. The largest absolute Gasteiger partial charge is 0.492 e. The fourth-order valence-corrected chi connectivity index (χ4v) is 3.94. The summed E-state index contributed by atoms with van der Waals surface area (Å²) in [5.74, 6) is -1.59. The lowest BCUT2D eigenvalue weighted by molar-refractivity contribution is -0.132. The van der Waals surface area contributed by atoms with Crippen molar-refractivity contribution in [2.75, 3.05) is 13.4 Å². The molecule has 0 fully saturated rings. The number of allylic oxidation sites excluding steroid dienone is 4. The van der Waals surface area contributed by atoms with Gasteiger partial charge in [0.05, 0.1) is 18.0 Å². The maximum Gasteiger partial charge on any atom is 0.267 e. The molecule has 0 spiro atoms. The molecular weight excluding hydrogens is 366 g/mol. The zero-order chi connectivity index (χ0) is 19.7. The van der Waals surface area contributed by atoms with E-state index in [1.165, 1.54) is 31.9 Å². The highest BCUT2D eigenvalue weighted by Crippen LogP contribution is 2.39. The molecule has 0 radical (unpaired) electrons. The molecule has 1 aromatic rings. The summed E-state index contributed by atoms with van der Waals surface area (Å²) in [6.07, 6.45) is 4.34. The standard InChI is InChI=1S/C20H19NO5S/c1-10(22)21-14-6-4-11-8-16(26-2)19(24)20(25)18(11)12-5-7-17(27-3)15(23)9-13(12)14/h5,7-9,14H,4,6H2,1-3H3,(H,21,22)/t14-/m0/s1. The molecule has 27 heavy (non-hydrogen) atoms. The third-order valence-electron chi connectivity index (χ3n) is 4.69. The third-order valence-corrected chi connectivity index (χ3v) is 5.47. The number of fused-ring (bicyclic) bond motifs is 2. The molecule has 1 aromatic carbocycles. The van der Waals surface area contributed by atoms with Crippen molar-refractivity contribution in [2.45, 2.75) is 30.7 Å². The van der Waals surface area contributed by atoms with Gasteiger partial charge in [-0.15, -0.1) is 11.8 Å². The Labute approximate surface area is 160 Å². The smallest absolute Gasteiger partial charge is 0.267 e. The summed E-state index contributed by atoms with van der Waals surface area (Å²) in [5.41, 5.74) is 1.83. The first-order valence-corrected chi connectivity index (χ1v) is 9.67. The van der Waals surface area contributed by atoms with Crippen LogP contribution in [0.1, 0.15) is 36.9 Å². The first-order valence-electron chi connectivity index (χ1n) is 8.45. The molecule has 1 atom stereocenters. The van der Waals surface area contributed by atoms with Gasteiger partial charge in [-0.25, -0.2) is 0 Å². The second kappa shape index (κ2) is 7.52. The molecule has 0 saturated heterocycles. The van der Waals surface area contributed by atoms with Crippen LogP contribution in [0.15, 0.2) is 45.3 Å². The van der Waals surface area contributed by atoms with Gasteiger partial charge in [0.15, 0.2) is 11.2 Å². The number of hydrogen-bond donors (Lipinski definition) is 1. The van der Waals surface area contributed by atoms with E-state index < -0.39 is 17.6 Å². The van der Waals surface area contributed by atoms with Crippen molar-refractivity contribution >= 4 is 34.8 Å².